The number of para-hydroxylation sites is 1. The number of carboxylic acid groups (broad SMARTS) is 1. The van der Waals surface area contributed by atoms with Gasteiger partial charge >= 0.3 is 5.97 Å². The Bertz CT molecular complexity index is 1370. The Morgan fingerprint density at radius 1 is 0.838 bits per heavy atom. The molecule has 1 fully saturated rings. The summed E-state index contributed by atoms with van der Waals surface area (Å²) in [5.41, 5.74) is 2.95. The molecule has 0 spiro atoms. The van der Waals surface area contributed by atoms with E-state index < -0.39 is 6.09 Å². The summed E-state index contributed by atoms with van der Waals surface area (Å²) in [4.78, 5) is 25.2. The van der Waals surface area contributed by atoms with Crippen LogP contribution in [0.1, 0.15) is 29.0 Å². The Morgan fingerprint density at radius 3 is 2.30 bits per heavy atom. The molecular formula is C31H28NO5-. The van der Waals surface area contributed by atoms with Crippen molar-refractivity contribution in [2.45, 2.75) is 31.5 Å². The smallest absolute Gasteiger partial charge is 0.315 e. The Morgan fingerprint density at radius 2 is 1.54 bits per heavy atom. The molecule has 1 aliphatic rings. The van der Waals surface area contributed by atoms with Crippen LogP contribution >= 0.6 is 0 Å². The van der Waals surface area contributed by atoms with Gasteiger partial charge in [0.05, 0.1) is 19.1 Å². The molecule has 0 aromatic heterocycles. The van der Waals surface area contributed by atoms with Crippen LogP contribution in [0.4, 0.5) is 4.79 Å². The minimum absolute atomic E-state index is 0.0291. The van der Waals surface area contributed by atoms with E-state index in [1.54, 1.807) is 12.1 Å². The summed E-state index contributed by atoms with van der Waals surface area (Å²) in [6, 6.07) is 31.2. The van der Waals surface area contributed by atoms with Crippen LogP contribution in [-0.2, 0) is 22.6 Å². The number of likely N-dealkylation sites (tertiary alicyclic amines) is 1. The quantitative estimate of drug-likeness (QED) is 0.275. The van der Waals surface area contributed by atoms with Crippen LogP contribution < -0.4 is 9.84 Å². The molecule has 4 aromatic rings. The lowest BCUT2D eigenvalue weighted by Gasteiger charge is -2.40. The highest BCUT2D eigenvalue weighted by Gasteiger charge is 2.31. The van der Waals surface area contributed by atoms with Gasteiger partial charge in [0, 0.05) is 19.0 Å². The molecule has 1 heterocycles. The first-order valence-electron chi connectivity index (χ1n) is 12.4. The van der Waals surface area contributed by atoms with Crippen LogP contribution in [0.15, 0.2) is 97.1 Å². The second-order valence-corrected chi connectivity index (χ2v) is 9.34. The molecule has 6 heteroatoms. The lowest BCUT2D eigenvalue weighted by molar-refractivity contribution is -0.268. The van der Waals surface area contributed by atoms with Crippen LogP contribution in [0.3, 0.4) is 0 Å². The summed E-state index contributed by atoms with van der Waals surface area (Å²) in [7, 11) is 0. The molecule has 2 unspecified atom stereocenters. The second-order valence-electron chi connectivity index (χ2n) is 9.34. The standard InChI is InChI=1S/C31H29NO5/c33-30(37-27-8-2-1-3-9-27)19-22-10-14-25(15-11-22)28-16-17-32(31(34)35)20-29(28)36-21-23-12-13-24-6-4-5-7-26(24)18-23/h1-15,18,28-29H,16-17,19-21H2,(H,34,35)/p-1. The van der Waals surface area contributed by atoms with Gasteiger partial charge in [-0.05, 0) is 52.1 Å². The Balaban J connectivity index is 1.26. The first kappa shape index (κ1) is 24.5. The Labute approximate surface area is 216 Å². The molecule has 5 rings (SSSR count). The number of nitrogens with zero attached hydrogens (tertiary/aromatic N) is 1. The fourth-order valence-corrected chi connectivity index (χ4v) is 4.87. The van der Waals surface area contributed by atoms with E-state index in [4.69, 9.17) is 9.47 Å². The van der Waals surface area contributed by atoms with Gasteiger partial charge in [-0.25, -0.2) is 0 Å². The third-order valence-electron chi connectivity index (χ3n) is 6.83. The second kappa shape index (κ2) is 11.3. The average Bonchev–Trinajstić information content (AvgIpc) is 2.92. The summed E-state index contributed by atoms with van der Waals surface area (Å²) in [5.74, 6) is 0.231. The predicted molar refractivity (Wildman–Crippen MR) is 139 cm³/mol. The number of carbonyl (C=O) groups is 2. The number of rotatable bonds is 7. The molecular weight excluding hydrogens is 466 g/mol. The fraction of sp³-hybridized carbons (Fsp3) is 0.226. The normalized spacial score (nSPS) is 17.5. The number of hydrogen-bond acceptors (Lipinski definition) is 5. The molecule has 4 aromatic carbocycles. The third-order valence-corrected chi connectivity index (χ3v) is 6.83. The van der Waals surface area contributed by atoms with Crippen molar-refractivity contribution in [3.63, 3.8) is 0 Å². The number of benzene rings is 4. The SMILES string of the molecule is O=C(Cc1ccc(C2CCN(C(=O)[O-])CC2OCc2ccc3ccccc3c2)cc1)Oc1ccccc1. The Kier molecular flexibility index (Phi) is 7.47. The van der Waals surface area contributed by atoms with Crippen molar-refractivity contribution in [1.29, 1.82) is 0 Å². The third kappa shape index (κ3) is 6.16. The van der Waals surface area contributed by atoms with Gasteiger partial charge in [-0.15, -0.1) is 0 Å². The highest BCUT2D eigenvalue weighted by Crippen LogP contribution is 2.31. The number of fused-ring (bicyclic) bond motifs is 1. The molecule has 1 aliphatic heterocycles. The molecule has 0 bridgehead atoms. The van der Waals surface area contributed by atoms with E-state index in [-0.39, 0.29) is 31.0 Å². The summed E-state index contributed by atoms with van der Waals surface area (Å²) in [6.45, 7) is 1.04. The molecule has 0 saturated carbocycles. The highest BCUT2D eigenvalue weighted by molar-refractivity contribution is 5.83. The van der Waals surface area contributed by atoms with E-state index in [9.17, 15) is 14.7 Å². The number of esters is 1. The van der Waals surface area contributed by atoms with E-state index in [2.05, 4.69) is 24.3 Å². The summed E-state index contributed by atoms with van der Waals surface area (Å²) in [5, 5.41) is 13.9. The van der Waals surface area contributed by atoms with E-state index >= 15 is 0 Å². The number of hydrogen-bond donors (Lipinski definition) is 0. The van der Waals surface area contributed by atoms with Crippen molar-refractivity contribution in [2.24, 2.45) is 0 Å². The molecule has 1 amide bonds. The number of carbonyl (C=O) groups excluding carboxylic acids is 2. The molecule has 0 aliphatic carbocycles. The largest absolute Gasteiger partial charge is 0.530 e. The molecule has 0 N–H and O–H groups in total. The van der Waals surface area contributed by atoms with Gasteiger partial charge in [-0.1, -0.05) is 78.9 Å². The molecule has 0 radical (unpaired) electrons. The van der Waals surface area contributed by atoms with Crippen molar-refractivity contribution in [3.8, 4) is 5.75 Å². The molecule has 37 heavy (non-hydrogen) atoms. The van der Waals surface area contributed by atoms with E-state index in [1.165, 1.54) is 4.90 Å². The van der Waals surface area contributed by atoms with Gasteiger partial charge in [0.2, 0.25) is 0 Å². The fourth-order valence-electron chi connectivity index (χ4n) is 4.87. The minimum atomic E-state index is -1.18. The topological polar surface area (TPSA) is 78.9 Å². The number of piperidine rings is 1. The van der Waals surface area contributed by atoms with Crippen LogP contribution in [0.2, 0.25) is 0 Å². The zero-order valence-corrected chi connectivity index (χ0v) is 20.4. The zero-order chi connectivity index (χ0) is 25.6. The minimum Gasteiger partial charge on any atom is -0.530 e. The van der Waals surface area contributed by atoms with E-state index in [0.29, 0.717) is 25.3 Å². The van der Waals surface area contributed by atoms with Gasteiger partial charge < -0.3 is 24.3 Å². The number of amides is 1. The van der Waals surface area contributed by atoms with Crippen LogP contribution in [0, 0.1) is 0 Å². The summed E-state index contributed by atoms with van der Waals surface area (Å²) in [6.07, 6.45) is -0.691. The average molecular weight is 495 g/mol. The molecule has 188 valence electrons. The van der Waals surface area contributed by atoms with Gasteiger partial charge in [0.15, 0.2) is 0 Å². The first-order valence-corrected chi connectivity index (χ1v) is 12.4. The lowest BCUT2D eigenvalue weighted by atomic mass is 9.86. The van der Waals surface area contributed by atoms with Crippen molar-refractivity contribution in [3.05, 3.63) is 114 Å². The van der Waals surface area contributed by atoms with Crippen molar-refractivity contribution < 1.29 is 24.2 Å². The van der Waals surface area contributed by atoms with Gasteiger partial charge in [0.1, 0.15) is 11.8 Å². The maximum Gasteiger partial charge on any atom is 0.315 e. The zero-order valence-electron chi connectivity index (χ0n) is 20.4. The monoisotopic (exact) mass is 494 g/mol. The lowest BCUT2D eigenvalue weighted by Crippen LogP contribution is -2.51. The summed E-state index contributed by atoms with van der Waals surface area (Å²) < 4.78 is 11.7. The van der Waals surface area contributed by atoms with Crippen molar-refractivity contribution in [2.75, 3.05) is 13.1 Å². The molecule has 6 nitrogen and oxygen atoms in total. The van der Waals surface area contributed by atoms with Gasteiger partial charge in [-0.2, -0.15) is 0 Å². The van der Waals surface area contributed by atoms with Crippen molar-refractivity contribution in [1.82, 2.24) is 4.90 Å². The van der Waals surface area contributed by atoms with Gasteiger partial charge in [0.25, 0.3) is 0 Å². The predicted octanol–water partition coefficient (Wildman–Crippen LogP) is 4.71. The van der Waals surface area contributed by atoms with Crippen LogP contribution in [-0.4, -0.2) is 36.2 Å². The maximum absolute atomic E-state index is 12.3. The van der Waals surface area contributed by atoms with E-state index in [0.717, 1.165) is 27.5 Å². The molecule has 1 saturated heterocycles. The van der Waals surface area contributed by atoms with Crippen LogP contribution in [0.5, 0.6) is 5.75 Å². The van der Waals surface area contributed by atoms with E-state index in [1.807, 2.05) is 60.7 Å². The first-order chi connectivity index (χ1) is 18.0. The number of ether oxygens (including phenoxy) is 2. The Hall–Kier alpha value is -4.16. The molecule has 2 atom stereocenters. The highest BCUT2D eigenvalue weighted by atomic mass is 16.5. The summed E-state index contributed by atoms with van der Waals surface area (Å²) >= 11 is 0. The van der Waals surface area contributed by atoms with Crippen molar-refractivity contribution >= 4 is 22.8 Å². The van der Waals surface area contributed by atoms with Gasteiger partial charge in [-0.3, -0.25) is 4.79 Å². The maximum atomic E-state index is 12.3. The van der Waals surface area contributed by atoms with Crippen LogP contribution in [0.25, 0.3) is 10.8 Å².